The van der Waals surface area contributed by atoms with Gasteiger partial charge in [0.15, 0.2) is 0 Å². The van der Waals surface area contributed by atoms with E-state index in [1.807, 2.05) is 0 Å². The Hall–Kier alpha value is -0.820. The van der Waals surface area contributed by atoms with E-state index in [9.17, 15) is 18.0 Å². The molecule has 1 saturated heterocycles. The van der Waals surface area contributed by atoms with E-state index in [1.165, 1.54) is 0 Å². The third-order valence-corrected chi connectivity index (χ3v) is 4.34. The fourth-order valence-electron chi connectivity index (χ4n) is 3.17. The molecule has 0 aromatic rings. The summed E-state index contributed by atoms with van der Waals surface area (Å²) in [5.74, 6) is -1.48. The molecule has 0 bridgehead atoms. The first-order chi connectivity index (χ1) is 9.89. The van der Waals surface area contributed by atoms with E-state index in [0.717, 1.165) is 6.42 Å². The third-order valence-electron chi connectivity index (χ3n) is 4.34. The summed E-state index contributed by atoms with van der Waals surface area (Å²) in [7, 11) is 0. The summed E-state index contributed by atoms with van der Waals surface area (Å²) in [4.78, 5) is 13.9. The summed E-state index contributed by atoms with van der Waals surface area (Å²) in [5, 5.41) is 2.92. The van der Waals surface area contributed by atoms with Gasteiger partial charge in [-0.1, -0.05) is 12.8 Å². The Bertz CT molecular complexity index is 357. The van der Waals surface area contributed by atoms with Crippen LogP contribution in [0.5, 0.6) is 0 Å². The minimum absolute atomic E-state index is 0.134. The molecule has 2 fully saturated rings. The number of carbonyl (C=O) groups is 1. The lowest BCUT2D eigenvalue weighted by atomic mass is 9.83. The molecule has 1 amide bonds. The Balaban J connectivity index is 1.93. The molecule has 2 aliphatic rings. The number of hydrogen-bond acceptors (Lipinski definition) is 3. The van der Waals surface area contributed by atoms with Crippen molar-refractivity contribution in [2.24, 2.45) is 5.92 Å². The number of nitrogens with one attached hydrogen (secondary N) is 1. The second-order valence-electron chi connectivity index (χ2n) is 5.87. The van der Waals surface area contributed by atoms with E-state index in [1.54, 1.807) is 11.8 Å². The van der Waals surface area contributed by atoms with Gasteiger partial charge in [-0.05, 0) is 19.8 Å². The van der Waals surface area contributed by atoms with Crippen molar-refractivity contribution in [3.8, 4) is 0 Å². The minimum atomic E-state index is -4.19. The van der Waals surface area contributed by atoms with Gasteiger partial charge in [0.25, 0.3) is 0 Å². The predicted octanol–water partition coefficient (Wildman–Crippen LogP) is 1.94. The van der Waals surface area contributed by atoms with Crippen LogP contribution in [0, 0.1) is 5.92 Å². The maximum atomic E-state index is 13.0. The molecule has 3 unspecified atom stereocenters. The molecule has 1 heterocycles. The molecule has 122 valence electrons. The molecule has 21 heavy (non-hydrogen) atoms. The number of alkyl halides is 3. The maximum Gasteiger partial charge on any atom is 0.393 e. The minimum Gasteiger partial charge on any atom is -0.378 e. The predicted molar refractivity (Wildman–Crippen MR) is 71.8 cm³/mol. The zero-order valence-corrected chi connectivity index (χ0v) is 12.3. The molecule has 0 radical (unpaired) electrons. The van der Waals surface area contributed by atoms with Gasteiger partial charge in [-0.15, -0.1) is 0 Å². The van der Waals surface area contributed by atoms with Gasteiger partial charge in [-0.3, -0.25) is 4.79 Å². The number of carbonyl (C=O) groups excluding carboxylic acids is 1. The molecular formula is C14H23F3N2O2. The molecule has 4 nitrogen and oxygen atoms in total. The van der Waals surface area contributed by atoms with Crippen LogP contribution in [0.2, 0.25) is 0 Å². The number of nitrogens with zero attached hydrogens (tertiary/aromatic N) is 1. The largest absolute Gasteiger partial charge is 0.393 e. The van der Waals surface area contributed by atoms with Crippen LogP contribution < -0.4 is 5.32 Å². The molecule has 1 aliphatic heterocycles. The first-order valence-corrected chi connectivity index (χ1v) is 7.59. The molecule has 1 aliphatic carbocycles. The number of hydrogen-bond donors (Lipinski definition) is 1. The van der Waals surface area contributed by atoms with E-state index in [0.29, 0.717) is 39.1 Å². The van der Waals surface area contributed by atoms with Gasteiger partial charge in [0.05, 0.1) is 25.2 Å². The second kappa shape index (κ2) is 6.96. The van der Waals surface area contributed by atoms with Crippen LogP contribution in [0.3, 0.4) is 0 Å². The fourth-order valence-corrected chi connectivity index (χ4v) is 3.17. The second-order valence-corrected chi connectivity index (χ2v) is 5.87. The lowest BCUT2D eigenvalue weighted by Crippen LogP contribution is -2.55. The Kier molecular flexibility index (Phi) is 5.48. The zero-order valence-electron chi connectivity index (χ0n) is 12.3. The lowest BCUT2D eigenvalue weighted by Gasteiger charge is -2.36. The summed E-state index contributed by atoms with van der Waals surface area (Å²) in [6.07, 6.45) is -2.18. The van der Waals surface area contributed by atoms with Crippen molar-refractivity contribution in [1.29, 1.82) is 0 Å². The van der Waals surface area contributed by atoms with Crippen molar-refractivity contribution in [3.05, 3.63) is 0 Å². The molecule has 7 heteroatoms. The Morgan fingerprint density at radius 1 is 1.24 bits per heavy atom. The van der Waals surface area contributed by atoms with Crippen LogP contribution in [-0.2, 0) is 9.53 Å². The average molecular weight is 308 g/mol. The SMILES string of the molecule is CC(NC1CCCCC1C(F)(F)F)C(=O)N1CCOCC1. The van der Waals surface area contributed by atoms with Crippen LogP contribution in [-0.4, -0.2) is 55.4 Å². The molecule has 3 atom stereocenters. The Morgan fingerprint density at radius 2 is 1.86 bits per heavy atom. The van der Waals surface area contributed by atoms with Gasteiger partial charge in [0.2, 0.25) is 5.91 Å². The number of morpholine rings is 1. The lowest BCUT2D eigenvalue weighted by molar-refractivity contribution is -0.190. The van der Waals surface area contributed by atoms with Crippen LogP contribution in [0.1, 0.15) is 32.6 Å². The van der Waals surface area contributed by atoms with E-state index in [4.69, 9.17) is 4.74 Å². The smallest absolute Gasteiger partial charge is 0.378 e. The summed E-state index contributed by atoms with van der Waals surface area (Å²) in [6, 6.07) is -1.24. The van der Waals surface area contributed by atoms with Gasteiger partial charge >= 0.3 is 6.18 Å². The van der Waals surface area contributed by atoms with E-state index in [2.05, 4.69) is 5.32 Å². The van der Waals surface area contributed by atoms with Crippen molar-refractivity contribution in [2.45, 2.75) is 50.9 Å². The van der Waals surface area contributed by atoms with Gasteiger partial charge in [-0.2, -0.15) is 13.2 Å². The fraction of sp³-hybridized carbons (Fsp3) is 0.929. The van der Waals surface area contributed by atoms with Crippen LogP contribution >= 0.6 is 0 Å². The van der Waals surface area contributed by atoms with Gasteiger partial charge < -0.3 is 15.0 Å². The first-order valence-electron chi connectivity index (χ1n) is 7.59. The van der Waals surface area contributed by atoms with Crippen molar-refractivity contribution in [3.63, 3.8) is 0 Å². The standard InChI is InChI=1S/C14H23F3N2O2/c1-10(13(20)19-6-8-21-9-7-19)18-12-5-3-2-4-11(12)14(15,16)17/h10-12,18H,2-9H2,1H3. The van der Waals surface area contributed by atoms with Crippen LogP contribution in [0.15, 0.2) is 0 Å². The number of ether oxygens (including phenoxy) is 1. The molecule has 1 N–H and O–H groups in total. The summed E-state index contributed by atoms with van der Waals surface area (Å²) in [6.45, 7) is 3.66. The normalized spacial score (nSPS) is 29.2. The Labute approximate surface area is 123 Å². The third kappa shape index (κ3) is 4.32. The van der Waals surface area contributed by atoms with Crippen LogP contribution in [0.4, 0.5) is 13.2 Å². The average Bonchev–Trinajstić information content (AvgIpc) is 2.47. The topological polar surface area (TPSA) is 41.6 Å². The van der Waals surface area contributed by atoms with Gasteiger partial charge in [0, 0.05) is 19.1 Å². The first kappa shape index (κ1) is 16.5. The van der Waals surface area contributed by atoms with Crippen molar-refractivity contribution in [1.82, 2.24) is 10.2 Å². The van der Waals surface area contributed by atoms with Crippen molar-refractivity contribution >= 4 is 5.91 Å². The molecule has 0 aromatic heterocycles. The highest BCUT2D eigenvalue weighted by Gasteiger charge is 2.46. The van der Waals surface area contributed by atoms with Crippen molar-refractivity contribution in [2.75, 3.05) is 26.3 Å². The molecule has 2 rings (SSSR count). The number of halogens is 3. The highest BCUT2D eigenvalue weighted by molar-refractivity contribution is 5.81. The quantitative estimate of drug-likeness (QED) is 0.866. The molecule has 0 aromatic carbocycles. The van der Waals surface area contributed by atoms with Gasteiger partial charge in [0.1, 0.15) is 0 Å². The highest BCUT2D eigenvalue weighted by Crippen LogP contribution is 2.37. The number of amides is 1. The highest BCUT2D eigenvalue weighted by atomic mass is 19.4. The van der Waals surface area contributed by atoms with E-state index >= 15 is 0 Å². The van der Waals surface area contributed by atoms with Crippen LogP contribution in [0.25, 0.3) is 0 Å². The summed E-state index contributed by atoms with van der Waals surface area (Å²) >= 11 is 0. The zero-order chi connectivity index (χ0) is 15.5. The monoisotopic (exact) mass is 308 g/mol. The molecule has 1 saturated carbocycles. The maximum absolute atomic E-state index is 13.0. The molecular weight excluding hydrogens is 285 g/mol. The Morgan fingerprint density at radius 3 is 2.48 bits per heavy atom. The van der Waals surface area contributed by atoms with E-state index < -0.39 is 24.2 Å². The number of rotatable bonds is 3. The van der Waals surface area contributed by atoms with Crippen molar-refractivity contribution < 1.29 is 22.7 Å². The molecule has 0 spiro atoms. The van der Waals surface area contributed by atoms with E-state index in [-0.39, 0.29) is 12.3 Å². The summed E-state index contributed by atoms with van der Waals surface area (Å²) < 4.78 is 44.3. The van der Waals surface area contributed by atoms with Gasteiger partial charge in [-0.25, -0.2) is 0 Å². The summed E-state index contributed by atoms with van der Waals surface area (Å²) in [5.41, 5.74) is 0.